The van der Waals surface area contributed by atoms with Crippen LogP contribution in [0.4, 0.5) is 0 Å². The minimum Gasteiger partial charge on any atom is -0.396 e. The third-order valence-corrected chi connectivity index (χ3v) is 5.05. The van der Waals surface area contributed by atoms with E-state index in [1.165, 1.54) is 4.31 Å². The molecule has 16 heavy (non-hydrogen) atoms. The van der Waals surface area contributed by atoms with E-state index in [1.807, 2.05) is 27.7 Å². The van der Waals surface area contributed by atoms with Crippen LogP contribution in [0.3, 0.4) is 0 Å². The summed E-state index contributed by atoms with van der Waals surface area (Å²) in [6, 6.07) is -0.0355. The van der Waals surface area contributed by atoms with Gasteiger partial charge in [0, 0.05) is 19.7 Å². The van der Waals surface area contributed by atoms with Crippen LogP contribution in [-0.4, -0.2) is 43.3 Å². The summed E-state index contributed by atoms with van der Waals surface area (Å²) in [6.07, 6.45) is 1.05. The Kier molecular flexibility index (Phi) is 5.93. The van der Waals surface area contributed by atoms with Crippen molar-refractivity contribution in [1.82, 2.24) is 4.31 Å². The smallest absolute Gasteiger partial charge is 0.214 e. The number of sulfonamides is 1. The van der Waals surface area contributed by atoms with E-state index >= 15 is 0 Å². The number of nitrogens with zero attached hydrogens (tertiary/aromatic N) is 1. The molecule has 0 aliphatic heterocycles. The molecular formula is C11H25NO3S. The van der Waals surface area contributed by atoms with E-state index in [1.54, 1.807) is 7.05 Å². The average molecular weight is 251 g/mol. The minimum absolute atomic E-state index is 0.0355. The van der Waals surface area contributed by atoms with Crippen molar-refractivity contribution >= 4 is 10.0 Å². The monoisotopic (exact) mass is 251 g/mol. The first-order valence-electron chi connectivity index (χ1n) is 5.69. The van der Waals surface area contributed by atoms with Crippen molar-refractivity contribution < 1.29 is 13.5 Å². The molecule has 0 bridgehead atoms. The van der Waals surface area contributed by atoms with E-state index < -0.39 is 10.0 Å². The highest BCUT2D eigenvalue weighted by Gasteiger charge is 2.30. The SMILES string of the molecule is CC(N(C)S(=O)(=O)CCCCO)C(C)(C)C. The fourth-order valence-corrected chi connectivity index (χ4v) is 2.98. The van der Waals surface area contributed by atoms with E-state index in [9.17, 15) is 8.42 Å². The molecule has 0 heterocycles. The molecule has 1 unspecified atom stereocenters. The highest BCUT2D eigenvalue weighted by Crippen LogP contribution is 2.25. The third-order valence-electron chi connectivity index (χ3n) is 3.05. The zero-order chi connectivity index (χ0) is 13.0. The molecule has 1 atom stereocenters. The summed E-state index contributed by atoms with van der Waals surface area (Å²) in [5.41, 5.74) is -0.0706. The lowest BCUT2D eigenvalue weighted by molar-refractivity contribution is 0.216. The molecule has 5 heteroatoms. The largest absolute Gasteiger partial charge is 0.396 e. The van der Waals surface area contributed by atoms with Crippen LogP contribution in [0.25, 0.3) is 0 Å². The Hall–Kier alpha value is -0.130. The summed E-state index contributed by atoms with van der Waals surface area (Å²) >= 11 is 0. The summed E-state index contributed by atoms with van der Waals surface area (Å²) in [6.45, 7) is 8.05. The summed E-state index contributed by atoms with van der Waals surface area (Å²) in [7, 11) is -1.56. The van der Waals surface area contributed by atoms with Gasteiger partial charge in [-0.15, -0.1) is 0 Å². The highest BCUT2D eigenvalue weighted by atomic mass is 32.2. The van der Waals surface area contributed by atoms with Crippen LogP contribution in [-0.2, 0) is 10.0 Å². The number of hydrogen-bond donors (Lipinski definition) is 1. The second-order valence-electron chi connectivity index (χ2n) is 5.30. The van der Waals surface area contributed by atoms with Gasteiger partial charge in [0.25, 0.3) is 0 Å². The molecule has 0 radical (unpaired) electrons. The van der Waals surface area contributed by atoms with Crippen LogP contribution in [0.15, 0.2) is 0 Å². The molecule has 0 aromatic carbocycles. The van der Waals surface area contributed by atoms with Gasteiger partial charge < -0.3 is 5.11 Å². The van der Waals surface area contributed by atoms with E-state index in [2.05, 4.69) is 0 Å². The van der Waals surface area contributed by atoms with Crippen LogP contribution in [0, 0.1) is 5.41 Å². The van der Waals surface area contributed by atoms with Gasteiger partial charge in [0.05, 0.1) is 5.75 Å². The highest BCUT2D eigenvalue weighted by molar-refractivity contribution is 7.89. The second-order valence-corrected chi connectivity index (χ2v) is 7.45. The van der Waals surface area contributed by atoms with Gasteiger partial charge in [0.15, 0.2) is 0 Å². The molecule has 1 N–H and O–H groups in total. The van der Waals surface area contributed by atoms with Crippen LogP contribution in [0.5, 0.6) is 0 Å². The molecule has 4 nitrogen and oxygen atoms in total. The van der Waals surface area contributed by atoms with Gasteiger partial charge in [0.1, 0.15) is 0 Å². The Morgan fingerprint density at radius 2 is 1.75 bits per heavy atom. The summed E-state index contributed by atoms with van der Waals surface area (Å²) in [5, 5.41) is 8.63. The predicted molar refractivity (Wildman–Crippen MR) is 66.8 cm³/mol. The molecular weight excluding hydrogens is 226 g/mol. The molecule has 0 aromatic heterocycles. The van der Waals surface area contributed by atoms with Gasteiger partial charge in [0.2, 0.25) is 10.0 Å². The number of unbranched alkanes of at least 4 members (excludes halogenated alkanes) is 1. The Morgan fingerprint density at radius 3 is 2.12 bits per heavy atom. The number of aliphatic hydroxyl groups excluding tert-OH is 1. The van der Waals surface area contributed by atoms with Crippen LogP contribution >= 0.6 is 0 Å². The average Bonchev–Trinajstić information content (AvgIpc) is 2.14. The molecule has 0 saturated carbocycles. The molecule has 0 spiro atoms. The minimum atomic E-state index is -3.19. The second kappa shape index (κ2) is 5.98. The Bertz CT molecular complexity index is 293. The van der Waals surface area contributed by atoms with Crippen molar-refractivity contribution in [2.75, 3.05) is 19.4 Å². The standard InChI is InChI=1S/C11H25NO3S/c1-10(11(2,3)4)12(5)16(14,15)9-7-6-8-13/h10,13H,6-9H2,1-5H3. The first kappa shape index (κ1) is 15.9. The topological polar surface area (TPSA) is 57.6 Å². The summed E-state index contributed by atoms with van der Waals surface area (Å²) in [4.78, 5) is 0. The zero-order valence-electron chi connectivity index (χ0n) is 11.0. The molecule has 0 fully saturated rings. The summed E-state index contributed by atoms with van der Waals surface area (Å²) < 4.78 is 25.3. The van der Waals surface area contributed by atoms with Crippen molar-refractivity contribution in [3.8, 4) is 0 Å². The Balaban J connectivity index is 4.52. The van der Waals surface area contributed by atoms with Gasteiger partial charge in [-0.05, 0) is 25.2 Å². The Morgan fingerprint density at radius 1 is 1.25 bits per heavy atom. The molecule has 98 valence electrons. The molecule has 0 rings (SSSR count). The maximum atomic E-state index is 11.9. The Labute approximate surface area is 99.7 Å². The first-order valence-corrected chi connectivity index (χ1v) is 7.30. The van der Waals surface area contributed by atoms with Crippen LogP contribution < -0.4 is 0 Å². The quantitative estimate of drug-likeness (QED) is 0.727. The third kappa shape index (κ3) is 4.80. The van der Waals surface area contributed by atoms with Crippen molar-refractivity contribution in [2.24, 2.45) is 5.41 Å². The van der Waals surface area contributed by atoms with Gasteiger partial charge in [-0.1, -0.05) is 20.8 Å². The van der Waals surface area contributed by atoms with Gasteiger partial charge >= 0.3 is 0 Å². The maximum Gasteiger partial charge on any atom is 0.214 e. The zero-order valence-corrected chi connectivity index (χ0v) is 11.8. The molecule has 0 amide bonds. The van der Waals surface area contributed by atoms with Gasteiger partial charge in [-0.3, -0.25) is 0 Å². The number of aliphatic hydroxyl groups is 1. The van der Waals surface area contributed by atoms with E-state index in [4.69, 9.17) is 5.11 Å². The molecule has 0 aliphatic rings. The molecule has 0 aromatic rings. The van der Waals surface area contributed by atoms with Crippen molar-refractivity contribution in [3.05, 3.63) is 0 Å². The fraction of sp³-hybridized carbons (Fsp3) is 1.00. The maximum absolute atomic E-state index is 11.9. The fourth-order valence-electron chi connectivity index (χ4n) is 1.33. The van der Waals surface area contributed by atoms with Gasteiger partial charge in [-0.2, -0.15) is 0 Å². The van der Waals surface area contributed by atoms with E-state index in [0.29, 0.717) is 12.8 Å². The van der Waals surface area contributed by atoms with Crippen LogP contribution in [0.2, 0.25) is 0 Å². The van der Waals surface area contributed by atoms with Crippen molar-refractivity contribution in [3.63, 3.8) is 0 Å². The molecule has 0 aliphatic carbocycles. The lowest BCUT2D eigenvalue weighted by Crippen LogP contribution is -2.43. The van der Waals surface area contributed by atoms with E-state index in [-0.39, 0.29) is 23.8 Å². The number of hydrogen-bond acceptors (Lipinski definition) is 3. The van der Waals surface area contributed by atoms with Crippen molar-refractivity contribution in [2.45, 2.75) is 46.6 Å². The summed E-state index contributed by atoms with van der Waals surface area (Å²) in [5.74, 6) is 0.116. The first-order chi connectivity index (χ1) is 7.13. The van der Waals surface area contributed by atoms with E-state index in [0.717, 1.165) is 0 Å². The molecule has 0 saturated heterocycles. The lowest BCUT2D eigenvalue weighted by Gasteiger charge is -2.34. The van der Waals surface area contributed by atoms with Crippen molar-refractivity contribution in [1.29, 1.82) is 0 Å². The van der Waals surface area contributed by atoms with Gasteiger partial charge in [-0.25, -0.2) is 12.7 Å². The normalized spacial score (nSPS) is 15.4. The predicted octanol–water partition coefficient (Wildman–Crippen LogP) is 1.46. The van der Waals surface area contributed by atoms with Crippen LogP contribution in [0.1, 0.15) is 40.5 Å². The number of rotatable bonds is 6. The lowest BCUT2D eigenvalue weighted by atomic mass is 9.88.